The van der Waals surface area contributed by atoms with Crippen molar-refractivity contribution in [3.8, 4) is 0 Å². The molecule has 1 aromatic rings. The van der Waals surface area contributed by atoms with Crippen LogP contribution in [-0.2, 0) is 19.1 Å². The second-order valence-electron chi connectivity index (χ2n) is 11.2. The Hall–Kier alpha value is -2.32. The molecular formula is C29H39N3O4S. The molecule has 0 aromatic heterocycles. The number of unbranched alkanes of at least 4 members (excludes halogenated alkanes) is 1. The third kappa shape index (κ3) is 4.50. The van der Waals surface area contributed by atoms with Gasteiger partial charge in [0.05, 0.1) is 17.9 Å². The van der Waals surface area contributed by atoms with E-state index in [4.69, 9.17) is 4.74 Å². The summed E-state index contributed by atoms with van der Waals surface area (Å²) >= 11 is 1.60. The fraction of sp³-hybridized carbons (Fsp3) is 0.621. The number of thioether (sulfide) groups is 1. The van der Waals surface area contributed by atoms with Crippen LogP contribution in [0, 0.1) is 23.7 Å². The highest BCUT2D eigenvalue weighted by atomic mass is 32.2. The Bertz CT molecular complexity index is 1090. The number of anilines is 1. The molecule has 3 fully saturated rings. The largest absolute Gasteiger partial charge is 0.359 e. The number of nitrogens with zero attached hydrogens (tertiary/aromatic N) is 1. The van der Waals surface area contributed by atoms with E-state index in [1.807, 2.05) is 42.7 Å². The third-order valence-electron chi connectivity index (χ3n) is 9.05. The third-order valence-corrected chi connectivity index (χ3v) is 9.77. The average Bonchev–Trinajstić information content (AvgIpc) is 3.53. The fourth-order valence-corrected chi connectivity index (χ4v) is 7.27. The predicted octanol–water partition coefficient (Wildman–Crippen LogP) is 4.24. The van der Waals surface area contributed by atoms with Gasteiger partial charge in [0.15, 0.2) is 0 Å². The summed E-state index contributed by atoms with van der Waals surface area (Å²) in [7, 11) is 0. The highest BCUT2D eigenvalue weighted by molar-refractivity contribution is 7.98. The van der Waals surface area contributed by atoms with Crippen molar-refractivity contribution < 1.29 is 19.1 Å². The molecule has 1 spiro atoms. The lowest BCUT2D eigenvalue weighted by Crippen LogP contribution is -2.58. The van der Waals surface area contributed by atoms with Crippen molar-refractivity contribution in [3.63, 3.8) is 0 Å². The lowest BCUT2D eigenvalue weighted by Gasteiger charge is -2.38. The van der Waals surface area contributed by atoms with E-state index in [0.29, 0.717) is 24.1 Å². The van der Waals surface area contributed by atoms with Gasteiger partial charge in [-0.1, -0.05) is 58.3 Å². The molecule has 7 nitrogen and oxygen atoms in total. The van der Waals surface area contributed by atoms with Gasteiger partial charge in [-0.25, -0.2) is 0 Å². The first-order chi connectivity index (χ1) is 17.8. The van der Waals surface area contributed by atoms with Gasteiger partial charge >= 0.3 is 0 Å². The van der Waals surface area contributed by atoms with Gasteiger partial charge in [-0.2, -0.15) is 0 Å². The zero-order valence-corrected chi connectivity index (χ0v) is 23.1. The Labute approximate surface area is 224 Å². The first-order valence-corrected chi connectivity index (χ1v) is 15.0. The van der Waals surface area contributed by atoms with Gasteiger partial charge in [0.1, 0.15) is 11.6 Å². The van der Waals surface area contributed by atoms with Crippen LogP contribution in [0.2, 0.25) is 0 Å². The summed E-state index contributed by atoms with van der Waals surface area (Å²) in [4.78, 5) is 44.2. The minimum atomic E-state index is -1.10. The van der Waals surface area contributed by atoms with Crippen LogP contribution in [0.25, 0.3) is 0 Å². The number of hydrogen-bond donors (Lipinski definition) is 2. The van der Waals surface area contributed by atoms with Crippen LogP contribution in [0.15, 0.2) is 41.3 Å². The van der Waals surface area contributed by atoms with Crippen LogP contribution in [0.1, 0.15) is 52.9 Å². The molecule has 1 saturated carbocycles. The van der Waals surface area contributed by atoms with E-state index < -0.39 is 29.6 Å². The summed E-state index contributed by atoms with van der Waals surface area (Å²) in [5, 5.41) is 6.32. The first kappa shape index (κ1) is 26.3. The van der Waals surface area contributed by atoms with Crippen LogP contribution in [0.3, 0.4) is 0 Å². The van der Waals surface area contributed by atoms with Crippen molar-refractivity contribution in [3.05, 3.63) is 36.4 Å². The van der Waals surface area contributed by atoms with Crippen molar-refractivity contribution in [2.75, 3.05) is 18.1 Å². The molecule has 2 bridgehead atoms. The van der Waals surface area contributed by atoms with Crippen molar-refractivity contribution in [2.45, 2.75) is 81.6 Å². The Morgan fingerprint density at radius 2 is 2.03 bits per heavy atom. The molecule has 200 valence electrons. The summed E-state index contributed by atoms with van der Waals surface area (Å²) < 4.78 is 6.45. The molecule has 2 N–H and O–H groups in total. The molecule has 1 aliphatic carbocycles. The van der Waals surface area contributed by atoms with E-state index in [1.165, 1.54) is 6.42 Å². The quantitative estimate of drug-likeness (QED) is 0.392. The second kappa shape index (κ2) is 10.4. The Kier molecular flexibility index (Phi) is 7.42. The fourth-order valence-electron chi connectivity index (χ4n) is 6.81. The molecule has 8 heteroatoms. The van der Waals surface area contributed by atoms with E-state index >= 15 is 0 Å². The number of rotatable bonds is 8. The number of likely N-dealkylation sites (tertiary alicyclic amines) is 1. The topological polar surface area (TPSA) is 87.7 Å². The van der Waals surface area contributed by atoms with Crippen molar-refractivity contribution >= 4 is 35.2 Å². The summed E-state index contributed by atoms with van der Waals surface area (Å²) in [6, 6.07) is 6.99. The van der Waals surface area contributed by atoms with E-state index in [0.717, 1.165) is 30.6 Å². The molecule has 2 saturated heterocycles. The number of carbonyl (C=O) groups is 3. The minimum absolute atomic E-state index is 0.0835. The summed E-state index contributed by atoms with van der Waals surface area (Å²) in [5.41, 5.74) is -0.410. The van der Waals surface area contributed by atoms with E-state index in [-0.39, 0.29) is 23.8 Å². The van der Waals surface area contributed by atoms with Gasteiger partial charge < -0.3 is 20.3 Å². The van der Waals surface area contributed by atoms with Gasteiger partial charge in [-0.3, -0.25) is 14.4 Å². The molecule has 5 rings (SSSR count). The Morgan fingerprint density at radius 3 is 2.78 bits per heavy atom. The maximum absolute atomic E-state index is 13.9. The van der Waals surface area contributed by atoms with E-state index in [1.54, 1.807) is 16.7 Å². The first-order valence-electron chi connectivity index (χ1n) is 13.7. The Balaban J connectivity index is 1.42. The second-order valence-corrected chi connectivity index (χ2v) is 12.1. The van der Waals surface area contributed by atoms with Crippen LogP contribution in [0.5, 0.6) is 0 Å². The van der Waals surface area contributed by atoms with Gasteiger partial charge in [0.25, 0.3) is 0 Å². The summed E-state index contributed by atoms with van der Waals surface area (Å²) in [5.74, 6) is -1.01. The number of amides is 3. The standard InChI is InChI=1S/C29H39N3O4S/c1-5-6-15-32-25(27(34)31-21-12-7-9-17(2)18(21)3)29-14-13-22(36-29)23(24(29)28(32)35)26(33)30-19-10-8-11-20(16-19)37-4/h8,10-11,13-14,16-18,21-25H,5-7,9,12,15H2,1-4H3,(H,30,33)(H,31,34). The number of nitrogens with one attached hydrogen (secondary N) is 2. The molecule has 3 aliphatic heterocycles. The SMILES string of the molecule is CCCCN1C(=O)C2C(C(=O)Nc3cccc(SC)c3)C3C=CC2(O3)C1C(=O)NC1CCCC(C)C1C. The van der Waals surface area contributed by atoms with Crippen molar-refractivity contribution in [1.29, 1.82) is 0 Å². The lowest BCUT2D eigenvalue weighted by atomic mass is 9.73. The molecule has 4 aliphatic rings. The maximum atomic E-state index is 13.9. The number of ether oxygens (including phenoxy) is 1. The normalized spacial score (nSPS) is 36.1. The molecule has 8 atom stereocenters. The average molecular weight is 526 g/mol. The van der Waals surface area contributed by atoms with Crippen molar-refractivity contribution in [2.24, 2.45) is 23.7 Å². The van der Waals surface area contributed by atoms with Gasteiger partial charge in [-0.15, -0.1) is 11.8 Å². The molecular weight excluding hydrogens is 486 g/mol. The molecule has 0 radical (unpaired) electrons. The van der Waals surface area contributed by atoms with Crippen LogP contribution < -0.4 is 10.6 Å². The maximum Gasteiger partial charge on any atom is 0.246 e. The number of carbonyl (C=O) groups excluding carboxylic acids is 3. The van der Waals surface area contributed by atoms with Crippen LogP contribution in [0.4, 0.5) is 5.69 Å². The Morgan fingerprint density at radius 1 is 1.22 bits per heavy atom. The predicted molar refractivity (Wildman–Crippen MR) is 145 cm³/mol. The zero-order valence-electron chi connectivity index (χ0n) is 22.2. The van der Waals surface area contributed by atoms with Gasteiger partial charge in [-0.05, 0) is 49.1 Å². The van der Waals surface area contributed by atoms with Gasteiger partial charge in [0.2, 0.25) is 17.7 Å². The van der Waals surface area contributed by atoms with E-state index in [2.05, 4.69) is 31.4 Å². The summed E-state index contributed by atoms with van der Waals surface area (Å²) in [6.07, 6.45) is 10.1. The monoisotopic (exact) mass is 525 g/mol. The molecule has 8 unspecified atom stereocenters. The van der Waals surface area contributed by atoms with E-state index in [9.17, 15) is 14.4 Å². The molecule has 3 heterocycles. The van der Waals surface area contributed by atoms with Crippen molar-refractivity contribution in [1.82, 2.24) is 10.2 Å². The highest BCUT2D eigenvalue weighted by Gasteiger charge is 2.72. The smallest absolute Gasteiger partial charge is 0.246 e. The number of benzene rings is 1. The molecule has 1 aromatic carbocycles. The van der Waals surface area contributed by atoms with Crippen LogP contribution >= 0.6 is 11.8 Å². The number of fused-ring (bicyclic) bond motifs is 1. The van der Waals surface area contributed by atoms with Gasteiger partial charge in [0, 0.05) is 23.2 Å². The zero-order chi connectivity index (χ0) is 26.3. The molecule has 3 amide bonds. The number of hydrogen-bond acceptors (Lipinski definition) is 5. The highest BCUT2D eigenvalue weighted by Crippen LogP contribution is 2.55. The lowest BCUT2D eigenvalue weighted by molar-refractivity contribution is -0.141. The summed E-state index contributed by atoms with van der Waals surface area (Å²) in [6.45, 7) is 7.00. The van der Waals surface area contributed by atoms with Crippen LogP contribution in [-0.4, -0.2) is 59.2 Å². The molecule has 37 heavy (non-hydrogen) atoms. The minimum Gasteiger partial charge on any atom is -0.359 e.